The molecule has 0 radical (unpaired) electrons. The maximum Gasteiger partial charge on any atom is 0.0631 e. The van der Waals surface area contributed by atoms with Crippen molar-refractivity contribution < 1.29 is 4.74 Å². The number of halogens is 1. The van der Waals surface area contributed by atoms with Gasteiger partial charge in [-0.05, 0) is 25.3 Å². The summed E-state index contributed by atoms with van der Waals surface area (Å²) in [6.45, 7) is 1.77. The van der Waals surface area contributed by atoms with Crippen LogP contribution in [-0.4, -0.2) is 28.3 Å². The lowest BCUT2D eigenvalue weighted by Gasteiger charge is -2.23. The summed E-state index contributed by atoms with van der Waals surface area (Å²) in [6, 6.07) is 2.85. The molecule has 100 valence electrons. The Morgan fingerprint density at radius 1 is 1.44 bits per heavy atom. The van der Waals surface area contributed by atoms with Crippen LogP contribution in [0.15, 0.2) is 12.3 Å². The van der Waals surface area contributed by atoms with Gasteiger partial charge in [0.15, 0.2) is 0 Å². The topological polar surface area (TPSA) is 27.1 Å². The van der Waals surface area contributed by atoms with E-state index in [-0.39, 0.29) is 5.41 Å². The number of hydrogen-bond donors (Lipinski definition) is 0. The SMILES string of the molecule is BrCC1(Cc2ccn(C3CCCC3)n2)CCOC1. The number of hydrogen-bond acceptors (Lipinski definition) is 2. The quantitative estimate of drug-likeness (QED) is 0.797. The zero-order valence-corrected chi connectivity index (χ0v) is 12.4. The van der Waals surface area contributed by atoms with Crippen LogP contribution in [-0.2, 0) is 11.2 Å². The predicted molar refractivity (Wildman–Crippen MR) is 75.1 cm³/mol. The van der Waals surface area contributed by atoms with Crippen molar-refractivity contribution in [2.24, 2.45) is 5.41 Å². The molecule has 3 rings (SSSR count). The molecule has 1 aliphatic carbocycles. The van der Waals surface area contributed by atoms with E-state index < -0.39 is 0 Å². The summed E-state index contributed by atoms with van der Waals surface area (Å²) in [4.78, 5) is 0. The van der Waals surface area contributed by atoms with E-state index in [0.717, 1.165) is 31.4 Å². The fourth-order valence-electron chi connectivity index (χ4n) is 3.17. The van der Waals surface area contributed by atoms with Crippen LogP contribution in [0.3, 0.4) is 0 Å². The third-order valence-electron chi connectivity index (χ3n) is 4.39. The molecule has 1 aromatic heterocycles. The van der Waals surface area contributed by atoms with Gasteiger partial charge in [-0.3, -0.25) is 4.68 Å². The fraction of sp³-hybridized carbons (Fsp3) is 0.786. The Bertz CT molecular complexity index is 392. The summed E-state index contributed by atoms with van der Waals surface area (Å²) in [7, 11) is 0. The maximum atomic E-state index is 5.57. The number of ether oxygens (including phenoxy) is 1. The van der Waals surface area contributed by atoms with E-state index >= 15 is 0 Å². The van der Waals surface area contributed by atoms with Crippen LogP contribution in [0, 0.1) is 5.41 Å². The van der Waals surface area contributed by atoms with Gasteiger partial charge in [0.1, 0.15) is 0 Å². The molecular weight excluding hydrogens is 292 g/mol. The lowest BCUT2D eigenvalue weighted by Crippen LogP contribution is -2.26. The molecule has 3 nitrogen and oxygen atoms in total. The highest BCUT2D eigenvalue weighted by Gasteiger charge is 2.34. The molecule has 1 atom stereocenters. The molecule has 4 heteroatoms. The van der Waals surface area contributed by atoms with Gasteiger partial charge in [-0.15, -0.1) is 0 Å². The summed E-state index contributed by atoms with van der Waals surface area (Å²) >= 11 is 3.65. The van der Waals surface area contributed by atoms with Crippen LogP contribution in [0.1, 0.15) is 43.8 Å². The molecule has 2 aliphatic rings. The maximum absolute atomic E-state index is 5.57. The van der Waals surface area contributed by atoms with Crippen molar-refractivity contribution in [2.45, 2.75) is 44.6 Å². The van der Waals surface area contributed by atoms with Crippen LogP contribution < -0.4 is 0 Å². The van der Waals surface area contributed by atoms with Crippen molar-refractivity contribution in [3.05, 3.63) is 18.0 Å². The average molecular weight is 313 g/mol. The second-order valence-corrected chi connectivity index (χ2v) is 6.40. The highest BCUT2D eigenvalue weighted by atomic mass is 79.9. The van der Waals surface area contributed by atoms with Crippen LogP contribution >= 0.6 is 15.9 Å². The number of rotatable bonds is 4. The molecule has 2 fully saturated rings. The molecule has 1 saturated carbocycles. The second-order valence-electron chi connectivity index (χ2n) is 5.84. The largest absolute Gasteiger partial charge is 0.381 e. The minimum atomic E-state index is 0.273. The second kappa shape index (κ2) is 5.33. The molecule has 0 spiro atoms. The van der Waals surface area contributed by atoms with Gasteiger partial charge in [0.05, 0.1) is 18.3 Å². The van der Waals surface area contributed by atoms with E-state index in [1.54, 1.807) is 0 Å². The first-order valence-electron chi connectivity index (χ1n) is 6.99. The van der Waals surface area contributed by atoms with Gasteiger partial charge in [0, 0.05) is 30.0 Å². The van der Waals surface area contributed by atoms with Crippen molar-refractivity contribution in [1.29, 1.82) is 0 Å². The Kier molecular flexibility index (Phi) is 3.76. The van der Waals surface area contributed by atoms with Crippen molar-refractivity contribution in [2.75, 3.05) is 18.5 Å². The van der Waals surface area contributed by atoms with Crippen LogP contribution in [0.25, 0.3) is 0 Å². The molecule has 0 bridgehead atoms. The Balaban J connectivity index is 1.69. The van der Waals surface area contributed by atoms with Crippen LogP contribution in [0.2, 0.25) is 0 Å². The van der Waals surface area contributed by atoms with E-state index in [1.807, 2.05) is 0 Å². The monoisotopic (exact) mass is 312 g/mol. The lowest BCUT2D eigenvalue weighted by molar-refractivity contribution is 0.161. The zero-order chi connectivity index (χ0) is 12.4. The number of nitrogens with zero attached hydrogens (tertiary/aromatic N) is 2. The highest BCUT2D eigenvalue weighted by Crippen LogP contribution is 2.35. The summed E-state index contributed by atoms with van der Waals surface area (Å²) in [5.74, 6) is 0. The first-order chi connectivity index (χ1) is 8.81. The number of alkyl halides is 1. The fourth-order valence-corrected chi connectivity index (χ4v) is 3.81. The Labute approximate surface area is 117 Å². The Morgan fingerprint density at radius 3 is 2.94 bits per heavy atom. The van der Waals surface area contributed by atoms with Gasteiger partial charge in [0.25, 0.3) is 0 Å². The Hall–Kier alpha value is -0.350. The first-order valence-corrected chi connectivity index (χ1v) is 8.11. The van der Waals surface area contributed by atoms with E-state index in [1.165, 1.54) is 31.4 Å². The van der Waals surface area contributed by atoms with Gasteiger partial charge >= 0.3 is 0 Å². The van der Waals surface area contributed by atoms with E-state index in [0.29, 0.717) is 6.04 Å². The third-order valence-corrected chi connectivity index (χ3v) is 5.58. The molecule has 1 unspecified atom stereocenters. The standard InChI is InChI=1S/C14H21BrN2O/c15-10-14(6-8-18-11-14)9-12-5-7-17(16-12)13-3-1-2-4-13/h5,7,13H,1-4,6,8-11H2. The van der Waals surface area contributed by atoms with Gasteiger partial charge in [0.2, 0.25) is 0 Å². The van der Waals surface area contributed by atoms with Crippen molar-refractivity contribution >= 4 is 15.9 Å². The van der Waals surface area contributed by atoms with Gasteiger partial charge in [-0.1, -0.05) is 28.8 Å². The number of aromatic nitrogens is 2. The third kappa shape index (κ3) is 2.50. The van der Waals surface area contributed by atoms with Gasteiger partial charge < -0.3 is 4.74 Å². The van der Waals surface area contributed by atoms with Gasteiger partial charge in [-0.25, -0.2) is 0 Å². The van der Waals surface area contributed by atoms with Crippen molar-refractivity contribution in [1.82, 2.24) is 9.78 Å². The minimum absolute atomic E-state index is 0.273. The smallest absolute Gasteiger partial charge is 0.0631 e. The zero-order valence-electron chi connectivity index (χ0n) is 10.8. The summed E-state index contributed by atoms with van der Waals surface area (Å²) < 4.78 is 7.76. The molecule has 1 saturated heterocycles. The summed E-state index contributed by atoms with van der Waals surface area (Å²) in [6.07, 6.45) is 9.68. The van der Waals surface area contributed by atoms with Crippen LogP contribution in [0.4, 0.5) is 0 Å². The molecular formula is C14H21BrN2O. The molecule has 18 heavy (non-hydrogen) atoms. The predicted octanol–water partition coefficient (Wildman–Crippen LogP) is 3.34. The average Bonchev–Trinajstić information content (AvgIpc) is 3.10. The Morgan fingerprint density at radius 2 is 2.28 bits per heavy atom. The van der Waals surface area contributed by atoms with E-state index in [2.05, 4.69) is 32.9 Å². The molecule has 1 aliphatic heterocycles. The van der Waals surface area contributed by atoms with Crippen molar-refractivity contribution in [3.8, 4) is 0 Å². The van der Waals surface area contributed by atoms with E-state index in [4.69, 9.17) is 9.84 Å². The first kappa shape index (κ1) is 12.7. The van der Waals surface area contributed by atoms with Gasteiger partial charge in [-0.2, -0.15) is 5.10 Å². The normalized spacial score (nSPS) is 29.2. The van der Waals surface area contributed by atoms with Crippen molar-refractivity contribution in [3.63, 3.8) is 0 Å². The molecule has 0 aromatic carbocycles. The van der Waals surface area contributed by atoms with Crippen LogP contribution in [0.5, 0.6) is 0 Å². The molecule has 1 aromatic rings. The summed E-state index contributed by atoms with van der Waals surface area (Å²) in [5, 5.41) is 5.80. The molecule has 0 N–H and O–H groups in total. The molecule has 2 heterocycles. The summed E-state index contributed by atoms with van der Waals surface area (Å²) in [5.41, 5.74) is 1.50. The minimum Gasteiger partial charge on any atom is -0.381 e. The lowest BCUT2D eigenvalue weighted by atomic mass is 9.85. The molecule has 0 amide bonds. The highest BCUT2D eigenvalue weighted by molar-refractivity contribution is 9.09. The van der Waals surface area contributed by atoms with E-state index in [9.17, 15) is 0 Å².